The van der Waals surface area contributed by atoms with Gasteiger partial charge in [-0.3, -0.25) is 4.79 Å². The number of hydrogen-bond donors (Lipinski definition) is 2. The third-order valence-corrected chi connectivity index (χ3v) is 3.93. The van der Waals surface area contributed by atoms with E-state index in [4.69, 9.17) is 11.6 Å². The fourth-order valence-corrected chi connectivity index (χ4v) is 2.77. The zero-order chi connectivity index (χ0) is 13.8. The van der Waals surface area contributed by atoms with Gasteiger partial charge in [0, 0.05) is 19.3 Å². The third kappa shape index (κ3) is 3.60. The first kappa shape index (κ1) is 14.1. The van der Waals surface area contributed by atoms with Crippen molar-refractivity contribution in [2.45, 2.75) is 38.6 Å². The fraction of sp³-hybridized carbons (Fsp3) is 0.571. The van der Waals surface area contributed by atoms with Crippen LogP contribution >= 0.6 is 11.6 Å². The van der Waals surface area contributed by atoms with Gasteiger partial charge in [0.2, 0.25) is 0 Å². The van der Waals surface area contributed by atoms with Gasteiger partial charge in [-0.05, 0) is 24.8 Å². The van der Waals surface area contributed by atoms with Crippen LogP contribution in [0.25, 0.3) is 0 Å². The van der Waals surface area contributed by atoms with Crippen LogP contribution in [0.3, 0.4) is 0 Å². The molecule has 104 valence electrons. The molecule has 1 fully saturated rings. The largest absolute Gasteiger partial charge is 0.373 e. The second-order valence-corrected chi connectivity index (χ2v) is 5.65. The Bertz CT molecular complexity index is 464. The van der Waals surface area contributed by atoms with E-state index in [1.807, 2.05) is 0 Å². The minimum atomic E-state index is -0.108. The first-order valence-electron chi connectivity index (χ1n) is 6.74. The lowest BCUT2D eigenvalue weighted by Crippen LogP contribution is -2.38. The first-order chi connectivity index (χ1) is 9.10. The third-order valence-electron chi connectivity index (χ3n) is 3.63. The van der Waals surface area contributed by atoms with Crippen LogP contribution in [0.2, 0.25) is 5.02 Å². The van der Waals surface area contributed by atoms with Crippen molar-refractivity contribution < 1.29 is 4.79 Å². The molecule has 1 aliphatic carbocycles. The molecule has 5 heteroatoms. The molecule has 2 rings (SSSR count). The first-order valence-corrected chi connectivity index (χ1v) is 7.12. The molecule has 1 amide bonds. The lowest BCUT2D eigenvalue weighted by molar-refractivity contribution is 0.0921. The molecular formula is C14H20ClN3O. The Morgan fingerprint density at radius 2 is 2.26 bits per heavy atom. The summed E-state index contributed by atoms with van der Waals surface area (Å²) in [5, 5.41) is 6.38. The number of hydrogen-bond acceptors (Lipinski definition) is 3. The number of carbonyl (C=O) groups is 1. The molecule has 0 aliphatic heterocycles. The highest BCUT2D eigenvalue weighted by Gasteiger charge is 2.22. The Balaban J connectivity index is 2.06. The van der Waals surface area contributed by atoms with Crippen molar-refractivity contribution in [2.24, 2.45) is 5.92 Å². The van der Waals surface area contributed by atoms with Gasteiger partial charge < -0.3 is 10.6 Å². The van der Waals surface area contributed by atoms with Gasteiger partial charge in [0.05, 0.1) is 10.6 Å². The summed E-state index contributed by atoms with van der Waals surface area (Å²) >= 11 is 6.04. The quantitative estimate of drug-likeness (QED) is 0.895. The summed E-state index contributed by atoms with van der Waals surface area (Å²) in [6.07, 6.45) is 6.04. The number of rotatable bonds is 3. The Kier molecular flexibility index (Phi) is 4.64. The normalized spacial score (nSPS) is 22.9. The van der Waals surface area contributed by atoms with Crippen LogP contribution in [-0.2, 0) is 0 Å². The lowest BCUT2D eigenvalue weighted by Gasteiger charge is -2.27. The lowest BCUT2D eigenvalue weighted by atomic mass is 9.87. The second-order valence-electron chi connectivity index (χ2n) is 5.24. The van der Waals surface area contributed by atoms with E-state index in [2.05, 4.69) is 22.5 Å². The number of carbonyl (C=O) groups excluding carboxylic acids is 1. The summed E-state index contributed by atoms with van der Waals surface area (Å²) in [5.41, 5.74) is 0.485. The fourth-order valence-electron chi connectivity index (χ4n) is 2.58. The molecule has 0 radical (unpaired) electrons. The number of nitrogens with one attached hydrogen (secondary N) is 2. The number of halogens is 1. The van der Waals surface area contributed by atoms with Crippen molar-refractivity contribution in [3.05, 3.63) is 22.8 Å². The summed E-state index contributed by atoms with van der Waals surface area (Å²) in [6, 6.07) is 1.95. The number of anilines is 1. The number of aromatic nitrogens is 1. The predicted molar refractivity (Wildman–Crippen MR) is 77.7 cm³/mol. The molecule has 1 aromatic rings. The Morgan fingerprint density at radius 3 is 2.95 bits per heavy atom. The molecule has 2 atom stereocenters. The van der Waals surface area contributed by atoms with Crippen LogP contribution in [0.5, 0.6) is 0 Å². The standard InChI is InChI=1S/C14H20ClN3O/c1-9-4-3-5-10(6-9)18-14(19)11-7-13(16-2)17-8-12(11)15/h7-10H,3-6H2,1-2H3,(H,16,17)(H,18,19). The smallest absolute Gasteiger partial charge is 0.253 e. The number of nitrogens with zero attached hydrogens (tertiary/aromatic N) is 1. The minimum Gasteiger partial charge on any atom is -0.373 e. The van der Waals surface area contributed by atoms with Gasteiger partial charge in [0.1, 0.15) is 5.82 Å². The summed E-state index contributed by atoms with van der Waals surface area (Å²) in [6.45, 7) is 2.23. The molecule has 0 bridgehead atoms. The van der Waals surface area contributed by atoms with E-state index in [1.165, 1.54) is 19.0 Å². The molecule has 0 spiro atoms. The molecule has 1 saturated carbocycles. The van der Waals surface area contributed by atoms with E-state index in [-0.39, 0.29) is 11.9 Å². The minimum absolute atomic E-state index is 0.108. The molecule has 4 nitrogen and oxygen atoms in total. The maximum Gasteiger partial charge on any atom is 0.253 e. The van der Waals surface area contributed by atoms with Gasteiger partial charge in [-0.15, -0.1) is 0 Å². The van der Waals surface area contributed by atoms with Crippen molar-refractivity contribution in [3.8, 4) is 0 Å². The monoisotopic (exact) mass is 281 g/mol. The summed E-state index contributed by atoms with van der Waals surface area (Å²) in [4.78, 5) is 16.3. The zero-order valence-electron chi connectivity index (χ0n) is 11.4. The average Bonchev–Trinajstić information content (AvgIpc) is 2.39. The summed E-state index contributed by atoms with van der Waals surface area (Å²) in [7, 11) is 1.76. The SMILES string of the molecule is CNc1cc(C(=O)NC2CCCC(C)C2)c(Cl)cn1. The van der Waals surface area contributed by atoms with Gasteiger partial charge >= 0.3 is 0 Å². The van der Waals surface area contributed by atoms with Gasteiger partial charge in [0.25, 0.3) is 5.91 Å². The van der Waals surface area contributed by atoms with E-state index in [0.717, 1.165) is 12.8 Å². The van der Waals surface area contributed by atoms with Crippen LogP contribution < -0.4 is 10.6 Å². The molecule has 0 aromatic carbocycles. The van der Waals surface area contributed by atoms with Crippen LogP contribution in [0, 0.1) is 5.92 Å². The molecular weight excluding hydrogens is 262 g/mol. The van der Waals surface area contributed by atoms with Gasteiger partial charge in [0.15, 0.2) is 0 Å². The van der Waals surface area contributed by atoms with Crippen LogP contribution in [0.15, 0.2) is 12.3 Å². The molecule has 0 saturated heterocycles. The highest BCUT2D eigenvalue weighted by atomic mass is 35.5. The van der Waals surface area contributed by atoms with Crippen molar-refractivity contribution in [3.63, 3.8) is 0 Å². The predicted octanol–water partition coefficient (Wildman–Crippen LogP) is 3.09. The van der Waals surface area contributed by atoms with E-state index < -0.39 is 0 Å². The molecule has 1 aliphatic rings. The van der Waals surface area contributed by atoms with Crippen LogP contribution in [-0.4, -0.2) is 24.0 Å². The van der Waals surface area contributed by atoms with Crippen LogP contribution in [0.1, 0.15) is 43.0 Å². The van der Waals surface area contributed by atoms with Crippen molar-refractivity contribution in [2.75, 3.05) is 12.4 Å². The highest BCUT2D eigenvalue weighted by molar-refractivity contribution is 6.33. The topological polar surface area (TPSA) is 54.0 Å². The average molecular weight is 282 g/mol. The molecule has 2 N–H and O–H groups in total. The second kappa shape index (κ2) is 6.24. The number of pyridine rings is 1. The van der Waals surface area contributed by atoms with E-state index in [0.29, 0.717) is 22.3 Å². The Hall–Kier alpha value is -1.29. The van der Waals surface area contributed by atoms with Crippen LogP contribution in [0.4, 0.5) is 5.82 Å². The maximum atomic E-state index is 12.3. The summed E-state index contributed by atoms with van der Waals surface area (Å²) in [5.74, 6) is 1.22. The van der Waals surface area contributed by atoms with Gasteiger partial charge in [-0.25, -0.2) is 4.98 Å². The molecule has 19 heavy (non-hydrogen) atoms. The van der Waals surface area contributed by atoms with E-state index in [1.54, 1.807) is 13.1 Å². The van der Waals surface area contributed by atoms with Gasteiger partial charge in [-0.1, -0.05) is 31.4 Å². The summed E-state index contributed by atoms with van der Waals surface area (Å²) < 4.78 is 0. The van der Waals surface area contributed by atoms with Crippen molar-refractivity contribution in [1.82, 2.24) is 10.3 Å². The van der Waals surface area contributed by atoms with Gasteiger partial charge in [-0.2, -0.15) is 0 Å². The maximum absolute atomic E-state index is 12.3. The zero-order valence-corrected chi connectivity index (χ0v) is 12.1. The molecule has 2 unspecified atom stereocenters. The molecule has 1 aromatic heterocycles. The Morgan fingerprint density at radius 1 is 1.47 bits per heavy atom. The highest BCUT2D eigenvalue weighted by Crippen LogP contribution is 2.24. The Labute approximate surface area is 118 Å². The number of amides is 1. The molecule has 1 heterocycles. The van der Waals surface area contributed by atoms with E-state index >= 15 is 0 Å². The van der Waals surface area contributed by atoms with Crippen molar-refractivity contribution >= 4 is 23.3 Å². The van der Waals surface area contributed by atoms with Crippen molar-refractivity contribution in [1.29, 1.82) is 0 Å². The van der Waals surface area contributed by atoms with E-state index in [9.17, 15) is 4.79 Å².